The summed E-state index contributed by atoms with van der Waals surface area (Å²) in [6, 6.07) is 4.50. The van der Waals surface area contributed by atoms with E-state index in [9.17, 15) is 9.59 Å². The zero-order chi connectivity index (χ0) is 14.3. The predicted octanol–water partition coefficient (Wildman–Crippen LogP) is 1.74. The Labute approximate surface area is 114 Å². The molecule has 1 aromatic heterocycles. The number of aromatic nitrogens is 1. The van der Waals surface area contributed by atoms with Gasteiger partial charge in [-0.2, -0.15) is 0 Å². The molecular weight excluding hydrogens is 262 g/mol. The van der Waals surface area contributed by atoms with Gasteiger partial charge in [-0.1, -0.05) is 6.07 Å². The Hall–Kier alpha value is -2.57. The molecule has 2 heterocycles. The van der Waals surface area contributed by atoms with E-state index in [2.05, 4.69) is 4.98 Å². The van der Waals surface area contributed by atoms with Gasteiger partial charge in [0.05, 0.1) is 5.56 Å². The number of hydrogen-bond donors (Lipinski definition) is 2. The van der Waals surface area contributed by atoms with Crippen LogP contribution >= 0.6 is 0 Å². The van der Waals surface area contributed by atoms with Crippen molar-refractivity contribution in [3.05, 3.63) is 29.7 Å². The maximum Gasteiger partial charge on any atom is 0.407 e. The zero-order valence-electron chi connectivity index (χ0n) is 10.6. The number of fused-ring (bicyclic) bond motifs is 1. The fraction of sp³-hybridized carbons (Fsp3) is 0.308. The van der Waals surface area contributed by atoms with Crippen LogP contribution in [0.3, 0.4) is 0 Å². The van der Waals surface area contributed by atoms with Gasteiger partial charge < -0.3 is 15.3 Å². The minimum Gasteiger partial charge on any atom is -0.465 e. The molecule has 0 spiro atoms. The summed E-state index contributed by atoms with van der Waals surface area (Å²) in [4.78, 5) is 28.1. The highest BCUT2D eigenvalue weighted by atomic mass is 16.4. The zero-order valence-corrected chi connectivity index (χ0v) is 10.6. The molecule has 0 bridgehead atoms. The van der Waals surface area contributed by atoms with Gasteiger partial charge in [-0.05, 0) is 25.0 Å². The van der Waals surface area contributed by atoms with Gasteiger partial charge in [0.25, 0.3) is 5.91 Å². The number of benzene rings is 1. The van der Waals surface area contributed by atoms with Gasteiger partial charge in [-0.25, -0.2) is 9.78 Å². The Morgan fingerprint density at radius 3 is 2.95 bits per heavy atom. The lowest BCUT2D eigenvalue weighted by Crippen LogP contribution is -2.28. The van der Waals surface area contributed by atoms with Crippen LogP contribution < -0.4 is 5.73 Å². The Morgan fingerprint density at radius 1 is 1.45 bits per heavy atom. The minimum atomic E-state index is -0.995. The number of amides is 2. The molecule has 1 saturated heterocycles. The lowest BCUT2D eigenvalue weighted by molar-refractivity contribution is 0.100. The first-order chi connectivity index (χ1) is 9.58. The molecule has 2 aromatic rings. The fourth-order valence-corrected chi connectivity index (χ4v) is 2.56. The SMILES string of the molecule is NC(=O)c1cccc2oc(C3CCCN3C(=O)O)nc12. The van der Waals surface area contributed by atoms with Crippen LogP contribution in [-0.4, -0.2) is 33.5 Å². The van der Waals surface area contributed by atoms with Gasteiger partial charge in [0, 0.05) is 6.54 Å². The summed E-state index contributed by atoms with van der Waals surface area (Å²) in [6.45, 7) is 0.460. The first-order valence-electron chi connectivity index (χ1n) is 6.26. The lowest BCUT2D eigenvalue weighted by Gasteiger charge is -2.17. The van der Waals surface area contributed by atoms with E-state index in [0.29, 0.717) is 30.0 Å². The molecule has 3 N–H and O–H groups in total. The highest BCUT2D eigenvalue weighted by Gasteiger charge is 2.33. The van der Waals surface area contributed by atoms with Crippen LogP contribution in [0.15, 0.2) is 22.6 Å². The highest BCUT2D eigenvalue weighted by Crippen LogP contribution is 2.33. The van der Waals surface area contributed by atoms with Crippen molar-refractivity contribution in [2.75, 3.05) is 6.54 Å². The average molecular weight is 275 g/mol. The van der Waals surface area contributed by atoms with E-state index in [1.165, 1.54) is 4.90 Å². The van der Waals surface area contributed by atoms with Crippen molar-refractivity contribution < 1.29 is 19.1 Å². The van der Waals surface area contributed by atoms with E-state index >= 15 is 0 Å². The summed E-state index contributed by atoms with van der Waals surface area (Å²) < 4.78 is 5.60. The minimum absolute atomic E-state index is 0.275. The second-order valence-corrected chi connectivity index (χ2v) is 4.70. The van der Waals surface area contributed by atoms with Crippen LogP contribution in [0.25, 0.3) is 11.1 Å². The number of likely N-dealkylation sites (tertiary alicyclic amines) is 1. The summed E-state index contributed by atoms with van der Waals surface area (Å²) in [5, 5.41) is 9.15. The number of primary amides is 1. The molecular formula is C13H13N3O4. The summed E-state index contributed by atoms with van der Waals surface area (Å²) in [5.74, 6) is -0.273. The van der Waals surface area contributed by atoms with Gasteiger partial charge in [-0.15, -0.1) is 0 Å². The average Bonchev–Trinajstić information content (AvgIpc) is 3.03. The number of carbonyl (C=O) groups is 2. The molecule has 1 aliphatic heterocycles. The van der Waals surface area contributed by atoms with Crippen LogP contribution in [0.2, 0.25) is 0 Å². The normalized spacial score (nSPS) is 18.6. The van der Waals surface area contributed by atoms with Gasteiger partial charge >= 0.3 is 6.09 Å². The molecule has 0 saturated carbocycles. The van der Waals surface area contributed by atoms with Gasteiger partial charge in [-0.3, -0.25) is 9.69 Å². The molecule has 20 heavy (non-hydrogen) atoms. The number of nitrogens with zero attached hydrogens (tertiary/aromatic N) is 2. The Morgan fingerprint density at radius 2 is 2.25 bits per heavy atom. The molecule has 7 nitrogen and oxygen atoms in total. The third-order valence-electron chi connectivity index (χ3n) is 3.48. The van der Waals surface area contributed by atoms with Crippen molar-refractivity contribution in [3.8, 4) is 0 Å². The van der Waals surface area contributed by atoms with Crippen molar-refractivity contribution >= 4 is 23.1 Å². The lowest BCUT2D eigenvalue weighted by atomic mass is 10.2. The number of hydrogen-bond acceptors (Lipinski definition) is 4. The molecule has 0 aliphatic carbocycles. The highest BCUT2D eigenvalue weighted by molar-refractivity contribution is 6.03. The van der Waals surface area contributed by atoms with Gasteiger partial charge in [0.1, 0.15) is 11.6 Å². The molecule has 1 atom stereocenters. The van der Waals surface area contributed by atoms with Crippen LogP contribution in [0.5, 0.6) is 0 Å². The molecule has 3 rings (SSSR count). The smallest absolute Gasteiger partial charge is 0.407 e. The van der Waals surface area contributed by atoms with E-state index in [0.717, 1.165) is 6.42 Å². The van der Waals surface area contributed by atoms with E-state index in [1.54, 1.807) is 18.2 Å². The predicted molar refractivity (Wildman–Crippen MR) is 69.2 cm³/mol. The first-order valence-corrected chi connectivity index (χ1v) is 6.26. The van der Waals surface area contributed by atoms with E-state index < -0.39 is 18.0 Å². The third-order valence-corrected chi connectivity index (χ3v) is 3.48. The van der Waals surface area contributed by atoms with E-state index in [1.807, 2.05) is 0 Å². The van der Waals surface area contributed by atoms with Crippen LogP contribution in [0.4, 0.5) is 4.79 Å². The van der Waals surface area contributed by atoms with Crippen LogP contribution in [-0.2, 0) is 0 Å². The second-order valence-electron chi connectivity index (χ2n) is 4.70. The van der Waals surface area contributed by atoms with Crippen molar-refractivity contribution in [2.24, 2.45) is 5.73 Å². The third kappa shape index (κ3) is 1.87. The van der Waals surface area contributed by atoms with Crippen LogP contribution in [0.1, 0.15) is 35.1 Å². The maximum atomic E-state index is 11.4. The van der Waals surface area contributed by atoms with Gasteiger partial charge in [0.15, 0.2) is 5.58 Å². The number of para-hydroxylation sites is 1. The van der Waals surface area contributed by atoms with Crippen molar-refractivity contribution in [2.45, 2.75) is 18.9 Å². The quantitative estimate of drug-likeness (QED) is 0.867. The van der Waals surface area contributed by atoms with E-state index in [4.69, 9.17) is 15.3 Å². The second kappa shape index (κ2) is 4.52. The van der Waals surface area contributed by atoms with Crippen LogP contribution in [0, 0.1) is 0 Å². The number of oxazole rings is 1. The summed E-state index contributed by atoms with van der Waals surface area (Å²) in [5.41, 5.74) is 6.39. The summed E-state index contributed by atoms with van der Waals surface area (Å²) in [7, 11) is 0. The topological polar surface area (TPSA) is 110 Å². The Kier molecular flexibility index (Phi) is 2.81. The fourth-order valence-electron chi connectivity index (χ4n) is 2.56. The summed E-state index contributed by atoms with van der Waals surface area (Å²) in [6.07, 6.45) is 0.425. The Bertz CT molecular complexity index is 694. The number of carboxylic acid groups (broad SMARTS) is 1. The number of nitrogens with two attached hydrogens (primary N) is 1. The van der Waals surface area contributed by atoms with Crippen molar-refractivity contribution in [3.63, 3.8) is 0 Å². The van der Waals surface area contributed by atoms with Crippen molar-refractivity contribution in [1.82, 2.24) is 9.88 Å². The van der Waals surface area contributed by atoms with Crippen molar-refractivity contribution in [1.29, 1.82) is 0 Å². The molecule has 1 aromatic carbocycles. The van der Waals surface area contributed by atoms with Gasteiger partial charge in [0.2, 0.25) is 5.89 Å². The van der Waals surface area contributed by atoms with E-state index in [-0.39, 0.29) is 5.56 Å². The Balaban J connectivity index is 2.07. The number of carbonyl (C=O) groups excluding carboxylic acids is 1. The maximum absolute atomic E-state index is 11.4. The monoisotopic (exact) mass is 275 g/mol. The molecule has 2 amide bonds. The summed E-state index contributed by atoms with van der Waals surface area (Å²) >= 11 is 0. The largest absolute Gasteiger partial charge is 0.465 e. The molecule has 0 radical (unpaired) electrons. The molecule has 1 aliphatic rings. The number of rotatable bonds is 2. The molecule has 1 unspecified atom stereocenters. The first kappa shape index (κ1) is 12.5. The molecule has 7 heteroatoms. The molecule has 104 valence electrons. The standard InChI is InChI=1S/C13H13N3O4/c14-11(17)7-3-1-5-9-10(7)15-12(20-9)8-4-2-6-16(8)13(18)19/h1,3,5,8H,2,4,6H2,(H2,14,17)(H,18,19). The molecule has 1 fully saturated rings.